The molecule has 2 nitrogen and oxygen atoms in total. The van der Waals surface area contributed by atoms with Crippen LogP contribution in [0.15, 0.2) is 12.1 Å². The first-order valence-electron chi connectivity index (χ1n) is 6.54. The van der Waals surface area contributed by atoms with Crippen molar-refractivity contribution in [1.82, 2.24) is 0 Å². The molecule has 0 heterocycles. The number of alkyl halides is 3. The fourth-order valence-electron chi connectivity index (χ4n) is 2.02. The van der Waals surface area contributed by atoms with Crippen molar-refractivity contribution in [2.24, 2.45) is 11.7 Å². The number of nitrogens with two attached hydrogens (primary N) is 1. The number of aliphatic hydroxyl groups excluding tert-OH is 1. The fraction of sp³-hybridized carbons (Fsp3) is 0.571. The molecule has 3 N–H and O–H groups in total. The molecule has 2 atom stereocenters. The molecule has 0 bridgehead atoms. The first kappa shape index (κ1) is 18.2. The molecule has 7 heteroatoms. The summed E-state index contributed by atoms with van der Waals surface area (Å²) in [5, 5.41) is 9.47. The summed E-state index contributed by atoms with van der Waals surface area (Å²) < 4.78 is 52.8. The van der Waals surface area contributed by atoms with Gasteiger partial charge in [0.25, 0.3) is 0 Å². The average Bonchev–Trinajstić information content (AvgIpc) is 2.36. The maximum atomic E-state index is 14.0. The first-order valence-corrected chi connectivity index (χ1v) is 6.92. The van der Waals surface area contributed by atoms with Crippen molar-refractivity contribution in [2.45, 2.75) is 45.0 Å². The molecule has 1 aromatic rings. The van der Waals surface area contributed by atoms with Gasteiger partial charge in [-0.2, -0.15) is 13.2 Å². The minimum Gasteiger partial charge on any atom is -0.391 e. The summed E-state index contributed by atoms with van der Waals surface area (Å²) in [7, 11) is 0. The van der Waals surface area contributed by atoms with E-state index in [9.17, 15) is 22.7 Å². The van der Waals surface area contributed by atoms with E-state index in [0.29, 0.717) is 12.5 Å². The summed E-state index contributed by atoms with van der Waals surface area (Å²) in [6, 6.07) is 0.0192. The quantitative estimate of drug-likeness (QED) is 0.792. The molecular weight excluding hydrogens is 310 g/mol. The molecule has 0 radical (unpaired) electrons. The molecule has 0 saturated carbocycles. The van der Waals surface area contributed by atoms with Crippen LogP contribution in [0.1, 0.15) is 43.9 Å². The van der Waals surface area contributed by atoms with E-state index in [1.165, 1.54) is 0 Å². The van der Waals surface area contributed by atoms with Gasteiger partial charge in [0.1, 0.15) is 5.82 Å². The van der Waals surface area contributed by atoms with Crippen LogP contribution in [-0.4, -0.2) is 11.2 Å². The highest BCUT2D eigenvalue weighted by molar-refractivity contribution is 6.30. The zero-order chi connectivity index (χ0) is 16.4. The largest absolute Gasteiger partial charge is 0.416 e. The van der Waals surface area contributed by atoms with Crippen molar-refractivity contribution in [2.75, 3.05) is 0 Å². The van der Waals surface area contributed by atoms with Gasteiger partial charge in [0.05, 0.1) is 22.7 Å². The van der Waals surface area contributed by atoms with Crippen molar-refractivity contribution >= 4 is 11.6 Å². The second-order valence-corrected chi connectivity index (χ2v) is 5.79. The lowest BCUT2D eigenvalue weighted by atomic mass is 9.92. The van der Waals surface area contributed by atoms with E-state index in [2.05, 4.69) is 0 Å². The standard InChI is InChI=1S/C14H18ClF4NO/c1-7(2)3-6-10(21)13(20)11-8(14(17,18)19)4-5-9(15)12(11)16/h4-5,7,10,13,21H,3,6,20H2,1-2H3/t10-,13-/m0/s1. The molecule has 0 fully saturated rings. The van der Waals surface area contributed by atoms with E-state index in [-0.39, 0.29) is 12.3 Å². The average molecular weight is 328 g/mol. The van der Waals surface area contributed by atoms with Gasteiger partial charge in [0, 0.05) is 5.56 Å². The van der Waals surface area contributed by atoms with Crippen LogP contribution in [0.25, 0.3) is 0 Å². The van der Waals surface area contributed by atoms with E-state index in [4.69, 9.17) is 17.3 Å². The highest BCUT2D eigenvalue weighted by atomic mass is 35.5. The van der Waals surface area contributed by atoms with Crippen LogP contribution < -0.4 is 5.73 Å². The lowest BCUT2D eigenvalue weighted by Gasteiger charge is -2.24. The summed E-state index contributed by atoms with van der Waals surface area (Å²) in [5.74, 6) is -0.985. The Labute approximate surface area is 125 Å². The lowest BCUT2D eigenvalue weighted by molar-refractivity contribution is -0.138. The molecular formula is C14H18ClF4NO. The number of aliphatic hydroxyl groups is 1. The van der Waals surface area contributed by atoms with Gasteiger partial charge in [-0.05, 0) is 30.9 Å². The van der Waals surface area contributed by atoms with Crippen molar-refractivity contribution in [1.29, 1.82) is 0 Å². The maximum absolute atomic E-state index is 14.0. The van der Waals surface area contributed by atoms with Crippen molar-refractivity contribution in [3.8, 4) is 0 Å². The van der Waals surface area contributed by atoms with Crippen molar-refractivity contribution in [3.63, 3.8) is 0 Å². The molecule has 0 aliphatic heterocycles. The van der Waals surface area contributed by atoms with Gasteiger partial charge in [-0.3, -0.25) is 0 Å². The van der Waals surface area contributed by atoms with Gasteiger partial charge < -0.3 is 10.8 Å². The van der Waals surface area contributed by atoms with Gasteiger partial charge in [-0.15, -0.1) is 0 Å². The zero-order valence-electron chi connectivity index (χ0n) is 11.7. The van der Waals surface area contributed by atoms with Crippen LogP contribution >= 0.6 is 11.6 Å². The molecule has 0 aliphatic rings. The van der Waals surface area contributed by atoms with Gasteiger partial charge in [-0.1, -0.05) is 25.4 Å². The summed E-state index contributed by atoms with van der Waals surface area (Å²) in [6.07, 6.45) is -5.29. The minimum absolute atomic E-state index is 0.183. The monoisotopic (exact) mass is 327 g/mol. The van der Waals surface area contributed by atoms with Gasteiger partial charge >= 0.3 is 6.18 Å². The maximum Gasteiger partial charge on any atom is 0.416 e. The predicted molar refractivity (Wildman–Crippen MR) is 73.4 cm³/mol. The predicted octanol–water partition coefficient (Wildman–Crippen LogP) is 4.29. The molecule has 0 aromatic heterocycles. The molecule has 1 rings (SSSR count). The molecule has 0 aliphatic carbocycles. The van der Waals surface area contributed by atoms with E-state index in [1.54, 1.807) is 0 Å². The van der Waals surface area contributed by atoms with Crippen LogP contribution in [0.4, 0.5) is 17.6 Å². The molecule has 1 aromatic carbocycles. The summed E-state index contributed by atoms with van der Waals surface area (Å²) in [4.78, 5) is 0. The van der Waals surface area contributed by atoms with Crippen LogP contribution in [0, 0.1) is 11.7 Å². The number of halogens is 5. The minimum atomic E-state index is -4.77. The first-order chi connectivity index (χ1) is 9.55. The van der Waals surface area contributed by atoms with Gasteiger partial charge in [0.15, 0.2) is 0 Å². The number of benzene rings is 1. The van der Waals surface area contributed by atoms with Gasteiger partial charge in [-0.25, -0.2) is 4.39 Å². The summed E-state index contributed by atoms with van der Waals surface area (Å²) in [6.45, 7) is 3.80. The Balaban J connectivity index is 3.18. The third-order valence-corrected chi connectivity index (χ3v) is 3.52. The smallest absolute Gasteiger partial charge is 0.391 e. The normalized spacial score (nSPS) is 15.3. The molecule has 0 spiro atoms. The number of rotatable bonds is 5. The zero-order valence-corrected chi connectivity index (χ0v) is 12.5. The molecule has 0 saturated heterocycles. The Morgan fingerprint density at radius 3 is 2.29 bits per heavy atom. The third kappa shape index (κ3) is 4.56. The third-order valence-electron chi connectivity index (χ3n) is 3.23. The summed E-state index contributed by atoms with van der Waals surface area (Å²) >= 11 is 5.53. The van der Waals surface area contributed by atoms with Crippen LogP contribution in [0.3, 0.4) is 0 Å². The van der Waals surface area contributed by atoms with Gasteiger partial charge in [0.2, 0.25) is 0 Å². The Hall–Kier alpha value is -0.850. The molecule has 21 heavy (non-hydrogen) atoms. The van der Waals surface area contributed by atoms with Crippen LogP contribution in [0.5, 0.6) is 0 Å². The number of hydrogen-bond donors (Lipinski definition) is 2. The van der Waals surface area contributed by atoms with E-state index in [0.717, 1.165) is 6.07 Å². The fourth-order valence-corrected chi connectivity index (χ4v) is 2.18. The van der Waals surface area contributed by atoms with E-state index >= 15 is 0 Å². The van der Waals surface area contributed by atoms with Crippen LogP contribution in [-0.2, 0) is 6.18 Å². The van der Waals surface area contributed by atoms with E-state index < -0.39 is 40.3 Å². The summed E-state index contributed by atoms with van der Waals surface area (Å²) in [5.41, 5.74) is 3.65. The Kier molecular flexibility index (Phi) is 6.01. The SMILES string of the molecule is CC(C)CC[C@H](O)[C@H](N)c1c(C(F)(F)F)ccc(Cl)c1F. The molecule has 0 unspecified atom stereocenters. The molecule has 120 valence electrons. The highest BCUT2D eigenvalue weighted by Crippen LogP contribution is 2.38. The topological polar surface area (TPSA) is 46.2 Å². The Bertz CT molecular complexity index is 491. The second-order valence-electron chi connectivity index (χ2n) is 5.38. The Morgan fingerprint density at radius 2 is 1.81 bits per heavy atom. The Morgan fingerprint density at radius 1 is 1.24 bits per heavy atom. The number of hydrogen-bond acceptors (Lipinski definition) is 2. The van der Waals surface area contributed by atoms with Crippen molar-refractivity contribution < 1.29 is 22.7 Å². The lowest BCUT2D eigenvalue weighted by Crippen LogP contribution is -2.30. The van der Waals surface area contributed by atoms with Crippen molar-refractivity contribution in [3.05, 3.63) is 34.1 Å². The van der Waals surface area contributed by atoms with Crippen LogP contribution in [0.2, 0.25) is 5.02 Å². The van der Waals surface area contributed by atoms with E-state index in [1.807, 2.05) is 13.8 Å². The second kappa shape index (κ2) is 6.94. The molecule has 0 amide bonds. The highest BCUT2D eigenvalue weighted by Gasteiger charge is 2.38.